The average Bonchev–Trinajstić information content (AvgIpc) is 2.31. The van der Waals surface area contributed by atoms with E-state index in [2.05, 4.69) is 0 Å². The van der Waals surface area contributed by atoms with Gasteiger partial charge in [0.25, 0.3) is 0 Å². The van der Waals surface area contributed by atoms with Gasteiger partial charge in [-0.15, -0.1) is 0 Å². The van der Waals surface area contributed by atoms with Gasteiger partial charge in [-0.25, -0.2) is 0 Å². The van der Waals surface area contributed by atoms with Crippen LogP contribution in [0.5, 0.6) is 0 Å². The maximum absolute atomic E-state index is 12.3. The van der Waals surface area contributed by atoms with E-state index in [9.17, 15) is 4.79 Å². The van der Waals surface area contributed by atoms with Crippen LogP contribution in [-0.4, -0.2) is 5.78 Å². The van der Waals surface area contributed by atoms with E-state index >= 15 is 0 Å². The first-order valence-electron chi connectivity index (χ1n) is 7.31. The summed E-state index contributed by atoms with van der Waals surface area (Å²) in [6.07, 6.45) is 12.9. The summed E-state index contributed by atoms with van der Waals surface area (Å²) >= 11 is 0. The minimum atomic E-state index is 0.289. The Morgan fingerprint density at radius 3 is 2.24 bits per heavy atom. The monoisotopic (exact) mass is 235 g/mol. The molecule has 1 atom stereocenters. The zero-order chi connectivity index (χ0) is 12.1. The van der Waals surface area contributed by atoms with Crippen molar-refractivity contribution in [2.24, 2.45) is 11.7 Å². The lowest BCUT2D eigenvalue weighted by Crippen LogP contribution is -2.25. The van der Waals surface area contributed by atoms with E-state index in [1.807, 2.05) is 0 Å². The number of nitrogens with two attached hydrogens (primary N) is 1. The Labute approximate surface area is 105 Å². The molecule has 1 saturated carbocycles. The van der Waals surface area contributed by atoms with Crippen molar-refractivity contribution >= 4 is 5.78 Å². The van der Waals surface area contributed by atoms with Crippen molar-refractivity contribution < 1.29 is 4.79 Å². The standard InChI is InChI=1S/C15H25NO/c16-14-11-10-12-8-6-4-2-1-3-5-7-9-13(14)15(12)17/h12H,1-11,16H2. The summed E-state index contributed by atoms with van der Waals surface area (Å²) < 4.78 is 0. The maximum Gasteiger partial charge on any atom is 0.163 e. The van der Waals surface area contributed by atoms with Crippen LogP contribution in [0.25, 0.3) is 0 Å². The van der Waals surface area contributed by atoms with Gasteiger partial charge in [-0.05, 0) is 32.1 Å². The van der Waals surface area contributed by atoms with Crippen molar-refractivity contribution in [2.45, 2.75) is 70.6 Å². The highest BCUT2D eigenvalue weighted by atomic mass is 16.1. The molecule has 1 unspecified atom stereocenters. The molecular weight excluding hydrogens is 210 g/mol. The quantitative estimate of drug-likeness (QED) is 0.695. The molecule has 0 heterocycles. The molecule has 2 N–H and O–H groups in total. The van der Waals surface area contributed by atoms with E-state index in [4.69, 9.17) is 5.73 Å². The van der Waals surface area contributed by atoms with Crippen molar-refractivity contribution in [3.8, 4) is 0 Å². The SMILES string of the molecule is NC1=C2CCCCCCCCCC(CC1)C2=O. The van der Waals surface area contributed by atoms with Gasteiger partial charge in [-0.1, -0.05) is 38.5 Å². The molecule has 2 nitrogen and oxygen atoms in total. The van der Waals surface area contributed by atoms with Crippen LogP contribution in [0.2, 0.25) is 0 Å². The van der Waals surface area contributed by atoms with Gasteiger partial charge in [-0.3, -0.25) is 4.79 Å². The summed E-state index contributed by atoms with van der Waals surface area (Å²) in [6.45, 7) is 0. The Hall–Kier alpha value is -0.790. The number of allylic oxidation sites excluding steroid dienone is 2. The molecule has 0 amide bonds. The van der Waals surface area contributed by atoms with Gasteiger partial charge in [0.1, 0.15) is 0 Å². The first-order valence-corrected chi connectivity index (χ1v) is 7.31. The number of ketones is 1. The highest BCUT2D eigenvalue weighted by Gasteiger charge is 2.27. The van der Waals surface area contributed by atoms with Crippen LogP contribution >= 0.6 is 0 Å². The van der Waals surface area contributed by atoms with Gasteiger partial charge in [0.05, 0.1) is 0 Å². The van der Waals surface area contributed by atoms with Gasteiger partial charge < -0.3 is 5.73 Å². The topological polar surface area (TPSA) is 43.1 Å². The van der Waals surface area contributed by atoms with Crippen LogP contribution in [0, 0.1) is 5.92 Å². The number of Topliss-reactive ketones (excluding diaryl/α,β-unsaturated/α-hetero) is 1. The van der Waals surface area contributed by atoms with Crippen LogP contribution < -0.4 is 5.73 Å². The third-order valence-corrected chi connectivity index (χ3v) is 4.30. The number of hydrogen-bond donors (Lipinski definition) is 1. The Morgan fingerprint density at radius 2 is 1.47 bits per heavy atom. The molecule has 0 radical (unpaired) electrons. The molecule has 0 aliphatic heterocycles. The summed E-state index contributed by atoms with van der Waals surface area (Å²) in [7, 11) is 0. The zero-order valence-electron chi connectivity index (χ0n) is 10.8. The first kappa shape index (κ1) is 12.7. The molecule has 0 aromatic rings. The van der Waals surface area contributed by atoms with Crippen LogP contribution in [0.3, 0.4) is 0 Å². The van der Waals surface area contributed by atoms with Crippen molar-refractivity contribution in [2.75, 3.05) is 0 Å². The first-order chi connectivity index (χ1) is 8.29. The largest absolute Gasteiger partial charge is 0.402 e. The van der Waals surface area contributed by atoms with Crippen LogP contribution in [0.1, 0.15) is 70.6 Å². The van der Waals surface area contributed by atoms with Gasteiger partial charge in [0.2, 0.25) is 0 Å². The molecule has 2 bridgehead atoms. The maximum atomic E-state index is 12.3. The highest BCUT2D eigenvalue weighted by molar-refractivity contribution is 5.98. The van der Waals surface area contributed by atoms with E-state index in [1.54, 1.807) is 0 Å². The van der Waals surface area contributed by atoms with Crippen LogP contribution in [0.4, 0.5) is 0 Å². The minimum absolute atomic E-state index is 0.289. The molecule has 0 saturated heterocycles. The third-order valence-electron chi connectivity index (χ3n) is 4.30. The molecule has 2 rings (SSSR count). The van der Waals surface area contributed by atoms with Gasteiger partial charge in [0, 0.05) is 17.2 Å². The van der Waals surface area contributed by atoms with E-state index in [0.717, 1.165) is 43.4 Å². The number of fused-ring (bicyclic) bond motifs is 2. The fourth-order valence-electron chi connectivity index (χ4n) is 3.15. The lowest BCUT2D eigenvalue weighted by Gasteiger charge is -2.25. The molecule has 2 aliphatic rings. The Balaban J connectivity index is 2.05. The Bertz CT molecular complexity index is 306. The second kappa shape index (κ2) is 6.23. The predicted molar refractivity (Wildman–Crippen MR) is 70.5 cm³/mol. The zero-order valence-corrected chi connectivity index (χ0v) is 10.8. The molecule has 0 spiro atoms. The predicted octanol–water partition coefficient (Wildman–Crippen LogP) is 3.70. The average molecular weight is 235 g/mol. The van der Waals surface area contributed by atoms with Crippen LogP contribution in [-0.2, 0) is 4.79 Å². The number of carbonyl (C=O) groups is 1. The Kier molecular flexibility index (Phi) is 4.64. The molecule has 1 fully saturated rings. The fraction of sp³-hybridized carbons (Fsp3) is 0.800. The van der Waals surface area contributed by atoms with E-state index < -0.39 is 0 Å². The van der Waals surface area contributed by atoms with E-state index in [0.29, 0.717) is 5.78 Å². The molecule has 96 valence electrons. The minimum Gasteiger partial charge on any atom is -0.402 e. The van der Waals surface area contributed by atoms with E-state index in [1.165, 1.54) is 38.5 Å². The normalized spacial score (nSPS) is 28.5. The van der Waals surface area contributed by atoms with Crippen molar-refractivity contribution in [3.05, 3.63) is 11.3 Å². The van der Waals surface area contributed by atoms with E-state index in [-0.39, 0.29) is 5.92 Å². The molecular formula is C15H25NO. The summed E-state index contributed by atoms with van der Waals surface area (Å²) in [6, 6.07) is 0. The summed E-state index contributed by atoms with van der Waals surface area (Å²) in [5, 5.41) is 0. The Morgan fingerprint density at radius 1 is 0.824 bits per heavy atom. The summed E-state index contributed by atoms with van der Waals surface area (Å²) in [4.78, 5) is 12.3. The third kappa shape index (κ3) is 3.34. The van der Waals surface area contributed by atoms with Crippen molar-refractivity contribution in [3.63, 3.8) is 0 Å². The summed E-state index contributed by atoms with van der Waals surface area (Å²) in [5.41, 5.74) is 7.90. The molecule has 2 heteroatoms. The highest BCUT2D eigenvalue weighted by Crippen LogP contribution is 2.31. The second-order valence-corrected chi connectivity index (χ2v) is 5.62. The van der Waals surface area contributed by atoms with Crippen LogP contribution in [0.15, 0.2) is 11.3 Å². The van der Waals surface area contributed by atoms with Gasteiger partial charge in [0.15, 0.2) is 5.78 Å². The van der Waals surface area contributed by atoms with Gasteiger partial charge >= 0.3 is 0 Å². The second-order valence-electron chi connectivity index (χ2n) is 5.62. The molecule has 2 aliphatic carbocycles. The van der Waals surface area contributed by atoms with Crippen molar-refractivity contribution in [1.29, 1.82) is 0 Å². The fourth-order valence-corrected chi connectivity index (χ4v) is 3.15. The summed E-state index contributed by atoms with van der Waals surface area (Å²) in [5.74, 6) is 0.672. The number of carbonyl (C=O) groups excluding carboxylic acids is 1. The van der Waals surface area contributed by atoms with Crippen molar-refractivity contribution in [1.82, 2.24) is 0 Å². The lowest BCUT2D eigenvalue weighted by atomic mass is 9.80. The smallest absolute Gasteiger partial charge is 0.163 e. The number of rotatable bonds is 0. The molecule has 0 aromatic carbocycles. The molecule has 0 aromatic heterocycles. The van der Waals surface area contributed by atoms with Gasteiger partial charge in [-0.2, -0.15) is 0 Å². The number of hydrogen-bond acceptors (Lipinski definition) is 2. The lowest BCUT2D eigenvalue weighted by molar-refractivity contribution is -0.120. The molecule has 17 heavy (non-hydrogen) atoms.